The second kappa shape index (κ2) is 10.3. The van der Waals surface area contributed by atoms with Crippen molar-refractivity contribution in [2.24, 2.45) is 0 Å². The van der Waals surface area contributed by atoms with Crippen molar-refractivity contribution in [3.8, 4) is 0 Å². The normalized spacial score (nSPS) is 22.5. The minimum atomic E-state index is -4.44. The second-order valence-electron chi connectivity index (χ2n) is 4.76. The Balaban J connectivity index is 0. The maximum atomic E-state index is 11.0. The van der Waals surface area contributed by atoms with Crippen LogP contribution in [-0.2, 0) is 21.2 Å². The first-order valence-electron chi connectivity index (χ1n) is 6.02. The van der Waals surface area contributed by atoms with E-state index < -0.39 is 21.2 Å². The molecule has 0 amide bonds. The summed E-state index contributed by atoms with van der Waals surface area (Å²) < 4.78 is 54.6. The summed E-state index contributed by atoms with van der Waals surface area (Å²) in [7, 11) is -4.44. The molecule has 1 unspecified atom stereocenters. The van der Waals surface area contributed by atoms with Crippen LogP contribution >= 0.6 is 0 Å². The number of hydrogen-bond donors (Lipinski definition) is 0. The molecule has 0 radical (unpaired) electrons. The Morgan fingerprint density at radius 3 is 2.09 bits per heavy atom. The summed E-state index contributed by atoms with van der Waals surface area (Å²) in [5.74, 6) is 0.126. The molecule has 1 saturated carbocycles. The fourth-order valence-electron chi connectivity index (χ4n) is 2.51. The molecule has 0 aromatic heterocycles. The summed E-state index contributed by atoms with van der Waals surface area (Å²) in [5, 5.41) is -0.303. The zero-order chi connectivity index (χ0) is 14.0. The molecule has 1 atom stereocenters. The molecule has 0 aliphatic heterocycles. The third-order valence-corrected chi connectivity index (χ3v) is 5.41. The summed E-state index contributed by atoms with van der Waals surface area (Å²) in [6.45, 7) is 0. The van der Waals surface area contributed by atoms with E-state index in [0.29, 0.717) is 25.7 Å². The van der Waals surface area contributed by atoms with Crippen molar-refractivity contribution in [3.05, 3.63) is 29.8 Å². The Kier molecular flexibility index (Phi) is 11.5. The first-order valence-corrected chi connectivity index (χ1v) is 8.56. The van der Waals surface area contributed by atoms with Gasteiger partial charge in [0.25, 0.3) is 0 Å². The van der Waals surface area contributed by atoms with E-state index in [1.807, 2.05) is 0 Å². The monoisotopic (exact) mass is 333 g/mol. The molecule has 0 bridgehead atoms. The van der Waals surface area contributed by atoms with Gasteiger partial charge in [0.15, 0.2) is 0 Å². The fraction of sp³-hybridized carbons (Fsp3) is 0.500. The van der Waals surface area contributed by atoms with Crippen LogP contribution in [-0.4, -0.2) is 32.5 Å². The Bertz CT molecular complexity index is 585. The maximum absolute atomic E-state index is 11.0. The van der Waals surface area contributed by atoms with Gasteiger partial charge in [0.1, 0.15) is 10.1 Å². The van der Waals surface area contributed by atoms with Gasteiger partial charge >= 0.3 is 37.7 Å². The van der Waals surface area contributed by atoms with E-state index in [-0.39, 0.29) is 59.3 Å². The molecular formula is C12H15Li2O6S2-. The molecule has 2 rings (SSSR count). The predicted octanol–water partition coefficient (Wildman–Crippen LogP) is -4.67. The van der Waals surface area contributed by atoms with Crippen LogP contribution in [0.25, 0.3) is 0 Å². The summed E-state index contributed by atoms with van der Waals surface area (Å²) in [5.41, 5.74) is 0.798. The van der Waals surface area contributed by atoms with Crippen LogP contribution in [0.3, 0.4) is 0 Å². The summed E-state index contributed by atoms with van der Waals surface area (Å²) in [4.78, 5) is -0.223. The molecule has 1 aliphatic carbocycles. The van der Waals surface area contributed by atoms with E-state index in [4.69, 9.17) is 0 Å². The van der Waals surface area contributed by atoms with E-state index >= 15 is 0 Å². The molecule has 10 heteroatoms. The minimum absolute atomic E-state index is 0. The molecule has 1 N–H and O–H groups in total. The molecule has 1 aliphatic rings. The largest absolute Gasteiger partial charge is 1.00 e. The van der Waals surface area contributed by atoms with Crippen molar-refractivity contribution in [1.82, 2.24) is 0 Å². The zero-order valence-corrected chi connectivity index (χ0v) is 14.2. The minimum Gasteiger partial charge on any atom is -0.870 e. The summed E-state index contributed by atoms with van der Waals surface area (Å²) in [6, 6.07) is 6.03. The molecule has 6 nitrogen and oxygen atoms in total. The summed E-state index contributed by atoms with van der Waals surface area (Å²) >= 11 is -2.04. The van der Waals surface area contributed by atoms with E-state index in [0.717, 1.165) is 5.56 Å². The van der Waals surface area contributed by atoms with Crippen LogP contribution in [0.15, 0.2) is 29.2 Å². The first kappa shape index (κ1) is 24.6. The SMILES string of the molecule is O=S([O-])C1CCC(c2cccc(S(=O)(=O)[O-])c2)CC1.[Li+].[Li+].[OH-]. The molecule has 22 heavy (non-hydrogen) atoms. The van der Waals surface area contributed by atoms with Gasteiger partial charge in [-0.2, -0.15) is 0 Å². The van der Waals surface area contributed by atoms with Gasteiger partial charge in [-0.05, 0) is 49.3 Å². The van der Waals surface area contributed by atoms with Crippen molar-refractivity contribution >= 4 is 21.2 Å². The van der Waals surface area contributed by atoms with Crippen LogP contribution in [0.4, 0.5) is 0 Å². The van der Waals surface area contributed by atoms with Gasteiger partial charge in [0, 0.05) is 5.25 Å². The second-order valence-corrected chi connectivity index (χ2v) is 7.33. The van der Waals surface area contributed by atoms with Crippen molar-refractivity contribution in [3.63, 3.8) is 0 Å². The topological polar surface area (TPSA) is 127 Å². The molecule has 1 aromatic rings. The van der Waals surface area contributed by atoms with Crippen LogP contribution in [0.2, 0.25) is 0 Å². The van der Waals surface area contributed by atoms with E-state index in [1.54, 1.807) is 12.1 Å². The third kappa shape index (κ3) is 6.48. The fourth-order valence-corrected chi connectivity index (χ4v) is 3.70. The Hall–Kier alpha value is 0.395. The standard InChI is InChI=1S/C12H16O5S2.2Li.H2O/c13-18(14)11-6-4-9(5-7-11)10-2-1-3-12(8-10)19(15,16)17;;;/h1-3,8-9,11H,4-7H2,(H,13,14)(H,15,16,17);;;1H2/q;2*+1;/p-3. The van der Waals surface area contributed by atoms with Gasteiger partial charge in [-0.25, -0.2) is 8.42 Å². The van der Waals surface area contributed by atoms with E-state index in [2.05, 4.69) is 0 Å². The first-order chi connectivity index (χ1) is 8.88. The van der Waals surface area contributed by atoms with Crippen molar-refractivity contribution in [2.45, 2.75) is 41.7 Å². The van der Waals surface area contributed by atoms with Gasteiger partial charge < -0.3 is 14.6 Å². The molecule has 0 spiro atoms. The number of hydrogen-bond acceptors (Lipinski definition) is 6. The third-order valence-electron chi connectivity index (χ3n) is 3.56. The van der Waals surface area contributed by atoms with Crippen molar-refractivity contribution in [1.29, 1.82) is 0 Å². The number of benzene rings is 1. The zero-order valence-electron chi connectivity index (χ0n) is 12.6. The van der Waals surface area contributed by atoms with Crippen LogP contribution < -0.4 is 37.7 Å². The Morgan fingerprint density at radius 1 is 1.09 bits per heavy atom. The van der Waals surface area contributed by atoms with E-state index in [9.17, 15) is 21.7 Å². The smallest absolute Gasteiger partial charge is 0.870 e. The van der Waals surface area contributed by atoms with Gasteiger partial charge in [0.05, 0.1) is 4.90 Å². The van der Waals surface area contributed by atoms with Crippen molar-refractivity contribution in [2.75, 3.05) is 0 Å². The average molecular weight is 333 g/mol. The van der Waals surface area contributed by atoms with Gasteiger partial charge in [-0.1, -0.05) is 23.2 Å². The molecular weight excluding hydrogens is 318 g/mol. The molecule has 0 saturated heterocycles. The Labute approximate surface area is 157 Å². The van der Waals surface area contributed by atoms with Crippen LogP contribution in [0.1, 0.15) is 37.2 Å². The molecule has 1 fully saturated rings. The van der Waals surface area contributed by atoms with Crippen LogP contribution in [0.5, 0.6) is 0 Å². The molecule has 114 valence electrons. The molecule has 1 aromatic carbocycles. The van der Waals surface area contributed by atoms with Gasteiger partial charge in [-0.3, -0.25) is 4.21 Å². The average Bonchev–Trinajstić information content (AvgIpc) is 2.38. The maximum Gasteiger partial charge on any atom is 1.00 e. The summed E-state index contributed by atoms with van der Waals surface area (Å²) in [6.07, 6.45) is 2.55. The Morgan fingerprint density at radius 2 is 1.64 bits per heavy atom. The quantitative estimate of drug-likeness (QED) is 0.311. The predicted molar refractivity (Wildman–Crippen MR) is 70.3 cm³/mol. The van der Waals surface area contributed by atoms with Gasteiger partial charge in [-0.15, -0.1) is 0 Å². The number of rotatable bonds is 3. The van der Waals surface area contributed by atoms with Gasteiger partial charge in [0.2, 0.25) is 0 Å². The van der Waals surface area contributed by atoms with Crippen LogP contribution in [0, 0.1) is 0 Å². The molecule has 0 heterocycles. The van der Waals surface area contributed by atoms with E-state index in [1.165, 1.54) is 12.1 Å². The van der Waals surface area contributed by atoms with Crippen molar-refractivity contribution < 1.29 is 64.9 Å².